The van der Waals surface area contributed by atoms with Crippen molar-refractivity contribution < 1.29 is 85.9 Å². The van der Waals surface area contributed by atoms with E-state index in [0.717, 1.165) is 153 Å². The summed E-state index contributed by atoms with van der Waals surface area (Å²) in [4.78, 5) is 142. The second-order valence-corrected chi connectivity index (χ2v) is 31.8. The molecule has 2 saturated heterocycles. The first-order valence-corrected chi connectivity index (χ1v) is 41.2. The number of benzene rings is 1. The van der Waals surface area contributed by atoms with E-state index in [1.165, 1.54) is 0 Å². The fourth-order valence-corrected chi connectivity index (χ4v) is 13.9. The van der Waals surface area contributed by atoms with Crippen LogP contribution in [0.15, 0.2) is 30.3 Å². The minimum absolute atomic E-state index is 0.0385. The molecule has 20 nitrogen and oxygen atoms in total. The fraction of sp³-hybridized carbons (Fsp3) is 0.800. The monoisotopic (exact) mass is 1480 g/mol. The number of amides is 2. The van der Waals surface area contributed by atoms with Gasteiger partial charge in [-0.2, -0.15) is 0 Å². The highest BCUT2D eigenvalue weighted by atomic mass is 16.7. The van der Waals surface area contributed by atoms with Crippen LogP contribution in [0.5, 0.6) is 0 Å². The summed E-state index contributed by atoms with van der Waals surface area (Å²) in [5.74, 6) is -2.34. The van der Waals surface area contributed by atoms with Gasteiger partial charge in [0.05, 0.1) is 44.2 Å². The summed E-state index contributed by atoms with van der Waals surface area (Å²) in [5.41, 5.74) is 0.978. The molecule has 1 aromatic rings. The Labute approximate surface area is 631 Å². The van der Waals surface area contributed by atoms with E-state index in [1.54, 1.807) is 6.92 Å². The minimum atomic E-state index is -0.866. The maximum atomic E-state index is 13.6. The predicted molar refractivity (Wildman–Crippen MR) is 407 cm³/mol. The van der Waals surface area contributed by atoms with Gasteiger partial charge in [-0.05, 0) is 145 Å². The molecule has 7 unspecified atom stereocenters. The zero-order chi connectivity index (χ0) is 77.2. The number of carbonyl (C=O) groups excluding carboxylic acids is 11. The average Bonchev–Trinajstić information content (AvgIpc) is 1.64. The fourth-order valence-electron chi connectivity index (χ4n) is 13.9. The van der Waals surface area contributed by atoms with Crippen LogP contribution in [-0.4, -0.2) is 128 Å². The van der Waals surface area contributed by atoms with E-state index in [0.29, 0.717) is 102 Å². The highest BCUT2D eigenvalue weighted by molar-refractivity contribution is 5.87. The van der Waals surface area contributed by atoms with Crippen molar-refractivity contribution in [1.29, 1.82) is 0 Å². The third-order valence-electron chi connectivity index (χ3n) is 19.8. The predicted octanol–water partition coefficient (Wildman–Crippen LogP) is 16.8. The summed E-state index contributed by atoms with van der Waals surface area (Å²) in [6.45, 7) is 20.5. The number of hydrogen-bond donors (Lipinski definition) is 2. The van der Waals surface area contributed by atoms with Crippen LogP contribution in [0.3, 0.4) is 0 Å². The van der Waals surface area contributed by atoms with Gasteiger partial charge in [0.15, 0.2) is 12.2 Å². The minimum Gasteiger partial charge on any atom is -0.465 e. The van der Waals surface area contributed by atoms with Gasteiger partial charge in [-0.3, -0.25) is 38.4 Å². The van der Waals surface area contributed by atoms with E-state index in [1.807, 2.05) is 92.6 Å². The number of fused-ring (bicyclic) bond motifs is 1. The van der Waals surface area contributed by atoms with Crippen molar-refractivity contribution in [2.45, 2.75) is 369 Å². The SMILES string of the molecule is CCC(CCCCCC(=O)CCCCCCCCC(=O)NC(CC(C)C)C(=O)OCCCCCCOC(=O)C(CC(=O)CCCCCCCCC(=O)NC(CC(C)C)C(=O)O[C@H]1COC2C1OC[C@H]2OC(=O)C(CC(=O)CCCCCCCCC(C)=O)CC(C)C)CC(C)C)C(=O)OCc1ccccc1. The molecule has 105 heavy (non-hydrogen) atoms. The lowest BCUT2D eigenvalue weighted by molar-refractivity contribution is -0.161. The van der Waals surface area contributed by atoms with E-state index in [-0.39, 0.29) is 116 Å². The Bertz CT molecular complexity index is 2660. The molecule has 0 spiro atoms. The molecule has 1 aromatic carbocycles. The van der Waals surface area contributed by atoms with Crippen LogP contribution < -0.4 is 10.6 Å². The van der Waals surface area contributed by atoms with Gasteiger partial charge in [0.2, 0.25) is 11.8 Å². The molecule has 2 aliphatic rings. The standard InChI is InChI=1S/C85H140N2O18/c1-11-67(81(94)103-58-66-41-29-26-30-42-66)43-31-27-35-45-70(89)44-32-19-14-16-22-36-48-77(92)86-73(54-63(6)7)84(97)100-51-39-25-24-38-50-99-82(95)68(52-61(2)3)56-71(90)46-33-21-15-17-23-37-49-78(93)87-74(55-64(8)9)85(98)105-76-60-102-79-75(59-101-80(76)79)104-83(96)69(53-62(4)5)57-72(91)47-34-20-13-12-18-28-40-65(10)88/h26,29-30,41-42,61-64,67-69,73-76,79-80H,11-25,27-28,31-40,43-60H2,1-10H3,(H,86,92)(H,87,93)/t67?,68?,69?,73?,74?,75-,76+,79?,80?/m1/s1. The summed E-state index contributed by atoms with van der Waals surface area (Å²) in [6.07, 6.45) is 25.4. The molecule has 0 aliphatic carbocycles. The average molecular weight is 1480 g/mol. The third kappa shape index (κ3) is 44.2. The molecular formula is C85H140N2O18. The van der Waals surface area contributed by atoms with Gasteiger partial charge in [0, 0.05) is 57.8 Å². The lowest BCUT2D eigenvalue weighted by Gasteiger charge is -2.23. The number of rotatable bonds is 64. The number of esters is 5. The molecule has 0 radical (unpaired) electrons. The first kappa shape index (κ1) is 93.3. The maximum absolute atomic E-state index is 13.6. The van der Waals surface area contributed by atoms with E-state index >= 15 is 0 Å². The summed E-state index contributed by atoms with van der Waals surface area (Å²) in [5, 5.41) is 5.81. The Kier molecular flexibility index (Phi) is 50.1. The Morgan fingerprint density at radius 3 is 1.19 bits per heavy atom. The second-order valence-electron chi connectivity index (χ2n) is 31.8. The Morgan fingerprint density at radius 1 is 0.390 bits per heavy atom. The summed E-state index contributed by atoms with van der Waals surface area (Å²) in [6, 6.07) is 8.11. The molecule has 2 amide bonds. The van der Waals surface area contributed by atoms with E-state index < -0.39 is 66.2 Å². The van der Waals surface area contributed by atoms with Crippen molar-refractivity contribution >= 4 is 64.8 Å². The normalized spacial score (nSPS) is 17.0. The second kappa shape index (κ2) is 56.4. The zero-order valence-electron chi connectivity index (χ0n) is 66.6. The largest absolute Gasteiger partial charge is 0.465 e. The van der Waals surface area contributed by atoms with Gasteiger partial charge in [0.25, 0.3) is 0 Å². The molecule has 0 aromatic heterocycles. The van der Waals surface area contributed by atoms with Crippen molar-refractivity contribution in [2.24, 2.45) is 41.4 Å². The summed E-state index contributed by atoms with van der Waals surface area (Å²) in [7, 11) is 0. The molecule has 2 fully saturated rings. The molecule has 0 saturated carbocycles. The van der Waals surface area contributed by atoms with Crippen molar-refractivity contribution in [2.75, 3.05) is 26.4 Å². The summed E-state index contributed by atoms with van der Waals surface area (Å²) >= 11 is 0. The molecule has 0 bridgehead atoms. The van der Waals surface area contributed by atoms with Crippen molar-refractivity contribution in [1.82, 2.24) is 10.6 Å². The molecule has 598 valence electrons. The van der Waals surface area contributed by atoms with Gasteiger partial charge in [-0.1, -0.05) is 183 Å². The van der Waals surface area contributed by atoms with Gasteiger partial charge >= 0.3 is 29.8 Å². The highest BCUT2D eigenvalue weighted by Gasteiger charge is 2.52. The Balaban J connectivity index is 1.22. The molecule has 2 aliphatic heterocycles. The first-order valence-electron chi connectivity index (χ1n) is 41.2. The van der Waals surface area contributed by atoms with E-state index in [4.69, 9.17) is 33.2 Å². The van der Waals surface area contributed by atoms with Gasteiger partial charge in [0.1, 0.15) is 54.0 Å². The highest BCUT2D eigenvalue weighted by Crippen LogP contribution is 2.33. The topological polar surface area (TPSA) is 276 Å². The van der Waals surface area contributed by atoms with Gasteiger partial charge in [-0.15, -0.1) is 0 Å². The van der Waals surface area contributed by atoms with Crippen molar-refractivity contribution in [3.8, 4) is 0 Å². The van der Waals surface area contributed by atoms with Crippen LogP contribution in [0.1, 0.15) is 332 Å². The first-order chi connectivity index (χ1) is 50.3. The van der Waals surface area contributed by atoms with Crippen LogP contribution in [0.2, 0.25) is 0 Å². The smallest absolute Gasteiger partial charge is 0.329 e. The number of Topliss-reactive ketones (excluding diaryl/α,β-unsaturated/α-hetero) is 4. The molecular weight excluding hydrogens is 1340 g/mol. The number of hydrogen-bond acceptors (Lipinski definition) is 18. The quantitative estimate of drug-likeness (QED) is 0.0348. The van der Waals surface area contributed by atoms with Crippen LogP contribution in [0, 0.1) is 41.4 Å². The molecule has 2 heterocycles. The Morgan fingerprint density at radius 2 is 0.752 bits per heavy atom. The Hall–Kier alpha value is -5.89. The van der Waals surface area contributed by atoms with Crippen molar-refractivity contribution in [3.63, 3.8) is 0 Å². The van der Waals surface area contributed by atoms with Crippen LogP contribution in [0.4, 0.5) is 0 Å². The third-order valence-corrected chi connectivity index (χ3v) is 19.8. The maximum Gasteiger partial charge on any atom is 0.329 e. The summed E-state index contributed by atoms with van der Waals surface area (Å²) < 4.78 is 40.8. The van der Waals surface area contributed by atoms with Crippen LogP contribution in [0.25, 0.3) is 0 Å². The number of ketones is 4. The number of carbonyl (C=O) groups is 11. The molecule has 9 atom stereocenters. The van der Waals surface area contributed by atoms with Gasteiger partial charge < -0.3 is 48.6 Å². The number of unbranched alkanes of at least 4 members (excludes halogenated alkanes) is 20. The molecule has 20 heteroatoms. The van der Waals surface area contributed by atoms with E-state index in [9.17, 15) is 52.7 Å². The van der Waals surface area contributed by atoms with Crippen molar-refractivity contribution in [3.05, 3.63) is 35.9 Å². The van der Waals surface area contributed by atoms with Crippen LogP contribution in [-0.2, 0) is 92.5 Å². The lowest BCUT2D eigenvalue weighted by atomic mass is 9.91. The zero-order valence-corrected chi connectivity index (χ0v) is 66.6. The van der Waals surface area contributed by atoms with Gasteiger partial charge in [-0.25, -0.2) is 9.59 Å². The molecule has 3 rings (SSSR count). The number of nitrogens with one attached hydrogen (secondary N) is 2. The van der Waals surface area contributed by atoms with E-state index in [2.05, 4.69) is 10.6 Å². The lowest BCUT2D eigenvalue weighted by Crippen LogP contribution is -2.45. The molecule has 2 N–H and O–H groups in total. The van der Waals surface area contributed by atoms with Crippen LogP contribution >= 0.6 is 0 Å². The number of ether oxygens (including phenoxy) is 7.